The number of benzene rings is 1. The van der Waals surface area contributed by atoms with Crippen LogP contribution in [0.4, 0.5) is 11.6 Å². The van der Waals surface area contributed by atoms with Gasteiger partial charge in [-0.05, 0) is 42.6 Å². The highest BCUT2D eigenvalue weighted by Gasteiger charge is 2.33. The summed E-state index contributed by atoms with van der Waals surface area (Å²) >= 11 is 6.04. The van der Waals surface area contributed by atoms with Crippen molar-refractivity contribution in [2.45, 2.75) is 0 Å². The molecule has 1 saturated heterocycles. The molecule has 2 amide bonds. The number of hydrogen-bond donors (Lipinski definition) is 1. The molecule has 0 radical (unpaired) electrons. The van der Waals surface area contributed by atoms with Crippen LogP contribution in [-0.4, -0.2) is 31.0 Å². The van der Waals surface area contributed by atoms with Crippen LogP contribution in [-0.2, 0) is 4.79 Å². The maximum absolute atomic E-state index is 12.5. The molecule has 1 aromatic carbocycles. The van der Waals surface area contributed by atoms with Gasteiger partial charge < -0.3 is 4.42 Å². The van der Waals surface area contributed by atoms with Crippen molar-refractivity contribution in [2.75, 3.05) is 0 Å². The minimum Gasteiger partial charge on any atom is -0.401 e. The van der Waals surface area contributed by atoms with Gasteiger partial charge in [0, 0.05) is 17.7 Å². The number of non-ortho nitro benzene ring substituents is 1. The molecule has 0 aliphatic carbocycles. The fourth-order valence-corrected chi connectivity index (χ4v) is 3.37. The molecule has 0 bridgehead atoms. The van der Waals surface area contributed by atoms with E-state index in [1.165, 1.54) is 54.6 Å². The number of nitro groups is 2. The number of nitro benzene ring substituents is 1. The molecule has 13 heteroatoms. The zero-order chi connectivity index (χ0) is 21.8. The minimum atomic E-state index is -0.671. The molecule has 3 rings (SSSR count). The highest BCUT2D eigenvalue weighted by molar-refractivity contribution is 8.26. The lowest BCUT2D eigenvalue weighted by molar-refractivity contribution is -0.402. The van der Waals surface area contributed by atoms with Crippen LogP contribution in [0.3, 0.4) is 0 Å². The van der Waals surface area contributed by atoms with Gasteiger partial charge in [-0.15, -0.1) is 0 Å². The number of thiocarbonyl (C=S) groups is 1. The van der Waals surface area contributed by atoms with Gasteiger partial charge in [0.05, 0.1) is 15.9 Å². The Labute approximate surface area is 177 Å². The fourth-order valence-electron chi connectivity index (χ4n) is 2.24. The second kappa shape index (κ2) is 8.67. The maximum Gasteiger partial charge on any atom is 0.433 e. The average Bonchev–Trinajstić information content (AvgIpc) is 3.29. The number of allylic oxidation sites excluding steroid dienone is 2. The van der Waals surface area contributed by atoms with Gasteiger partial charge in [-0.25, -0.2) is 0 Å². The van der Waals surface area contributed by atoms with Gasteiger partial charge in [-0.1, -0.05) is 17.8 Å². The van der Waals surface area contributed by atoms with E-state index in [0.29, 0.717) is 0 Å². The second-order valence-corrected chi connectivity index (χ2v) is 7.25. The van der Waals surface area contributed by atoms with Gasteiger partial charge in [-0.3, -0.25) is 35.2 Å². The maximum atomic E-state index is 12.5. The van der Waals surface area contributed by atoms with E-state index >= 15 is 0 Å². The average molecular weight is 446 g/mol. The van der Waals surface area contributed by atoms with Crippen LogP contribution in [0.1, 0.15) is 16.1 Å². The summed E-state index contributed by atoms with van der Waals surface area (Å²) in [5.74, 6) is -1.42. The molecule has 1 aliphatic heterocycles. The quantitative estimate of drug-likeness (QED) is 0.305. The topological polar surface area (TPSA) is 149 Å². The van der Waals surface area contributed by atoms with Gasteiger partial charge in [0.15, 0.2) is 4.32 Å². The molecule has 0 spiro atoms. The zero-order valence-electron chi connectivity index (χ0n) is 14.7. The van der Waals surface area contributed by atoms with Crippen molar-refractivity contribution < 1.29 is 23.9 Å². The summed E-state index contributed by atoms with van der Waals surface area (Å²) in [7, 11) is 0. The van der Waals surface area contributed by atoms with E-state index in [1.54, 1.807) is 0 Å². The van der Waals surface area contributed by atoms with Crippen LogP contribution < -0.4 is 5.43 Å². The van der Waals surface area contributed by atoms with Gasteiger partial charge in [0.2, 0.25) is 0 Å². The predicted octanol–water partition coefficient (Wildman–Crippen LogP) is 3.20. The third-order valence-electron chi connectivity index (χ3n) is 3.65. The summed E-state index contributed by atoms with van der Waals surface area (Å²) in [4.78, 5) is 45.0. The Morgan fingerprint density at radius 2 is 1.83 bits per heavy atom. The number of hydrazine groups is 1. The highest BCUT2D eigenvalue weighted by Crippen LogP contribution is 2.30. The van der Waals surface area contributed by atoms with Crippen molar-refractivity contribution in [3.8, 4) is 0 Å². The first kappa shape index (κ1) is 20.9. The van der Waals surface area contributed by atoms with Crippen LogP contribution in [0.25, 0.3) is 6.08 Å². The van der Waals surface area contributed by atoms with Gasteiger partial charge in [0.1, 0.15) is 10.7 Å². The third-order valence-corrected chi connectivity index (χ3v) is 4.97. The number of hydrogen-bond acceptors (Lipinski definition) is 9. The van der Waals surface area contributed by atoms with Crippen LogP contribution in [0.5, 0.6) is 0 Å². The molecule has 11 nitrogen and oxygen atoms in total. The van der Waals surface area contributed by atoms with Crippen molar-refractivity contribution in [3.05, 3.63) is 85.0 Å². The van der Waals surface area contributed by atoms with E-state index in [-0.39, 0.29) is 26.2 Å². The van der Waals surface area contributed by atoms with Gasteiger partial charge in [-0.2, -0.15) is 5.01 Å². The number of rotatable bonds is 6. The Kier molecular flexibility index (Phi) is 6.03. The van der Waals surface area contributed by atoms with Crippen molar-refractivity contribution >= 4 is 57.8 Å². The lowest BCUT2D eigenvalue weighted by Gasteiger charge is -2.15. The van der Waals surface area contributed by atoms with Crippen LogP contribution in [0.15, 0.2) is 57.9 Å². The lowest BCUT2D eigenvalue weighted by Crippen LogP contribution is -2.44. The molecular formula is C17H10N4O7S2. The number of furan rings is 1. The Hall–Kier alpha value is -3.84. The van der Waals surface area contributed by atoms with Crippen LogP contribution >= 0.6 is 24.0 Å². The van der Waals surface area contributed by atoms with E-state index in [1.807, 2.05) is 0 Å². The molecule has 0 saturated carbocycles. The lowest BCUT2D eigenvalue weighted by atomic mass is 10.2. The van der Waals surface area contributed by atoms with E-state index in [9.17, 15) is 29.8 Å². The normalized spacial score (nSPS) is 15.2. The second-order valence-electron chi connectivity index (χ2n) is 5.58. The molecular weight excluding hydrogens is 436 g/mol. The molecule has 1 aromatic heterocycles. The molecule has 152 valence electrons. The van der Waals surface area contributed by atoms with E-state index in [4.69, 9.17) is 16.6 Å². The predicted molar refractivity (Wildman–Crippen MR) is 110 cm³/mol. The molecule has 2 heterocycles. The zero-order valence-corrected chi connectivity index (χ0v) is 16.3. The number of carbonyl (C=O) groups is 2. The summed E-state index contributed by atoms with van der Waals surface area (Å²) < 4.78 is 5.05. The Morgan fingerprint density at radius 3 is 2.43 bits per heavy atom. The fraction of sp³-hybridized carbons (Fsp3) is 0. The van der Waals surface area contributed by atoms with Gasteiger partial charge in [0.25, 0.3) is 17.5 Å². The molecule has 1 aliphatic rings. The monoisotopic (exact) mass is 446 g/mol. The van der Waals surface area contributed by atoms with Crippen molar-refractivity contribution in [1.29, 1.82) is 0 Å². The van der Waals surface area contributed by atoms with E-state index in [0.717, 1.165) is 16.8 Å². The minimum absolute atomic E-state index is 0.0866. The van der Waals surface area contributed by atoms with Crippen LogP contribution in [0, 0.1) is 20.2 Å². The summed E-state index contributed by atoms with van der Waals surface area (Å²) in [5.41, 5.74) is 2.29. The molecule has 0 atom stereocenters. The smallest absolute Gasteiger partial charge is 0.401 e. The first-order valence-electron chi connectivity index (χ1n) is 8.00. The number of nitrogens with one attached hydrogen (secondary N) is 1. The molecule has 0 unspecified atom stereocenters. The summed E-state index contributed by atoms with van der Waals surface area (Å²) in [6, 6.07) is 7.45. The van der Waals surface area contributed by atoms with E-state index < -0.39 is 27.5 Å². The highest BCUT2D eigenvalue weighted by atomic mass is 32.2. The number of carbonyl (C=O) groups excluding carboxylic acids is 2. The Morgan fingerprint density at radius 1 is 1.13 bits per heavy atom. The number of thioether (sulfide) groups is 1. The van der Waals surface area contributed by atoms with Crippen LogP contribution in [0.2, 0.25) is 0 Å². The largest absolute Gasteiger partial charge is 0.433 e. The van der Waals surface area contributed by atoms with E-state index in [2.05, 4.69) is 5.43 Å². The molecule has 2 aromatic rings. The third kappa shape index (κ3) is 4.59. The molecule has 1 N–H and O–H groups in total. The van der Waals surface area contributed by atoms with Crippen molar-refractivity contribution in [2.24, 2.45) is 0 Å². The Balaban J connectivity index is 1.66. The summed E-state index contributed by atoms with van der Waals surface area (Å²) in [5, 5.41) is 22.2. The molecule has 1 fully saturated rings. The molecule has 30 heavy (non-hydrogen) atoms. The first-order valence-corrected chi connectivity index (χ1v) is 9.23. The van der Waals surface area contributed by atoms with Crippen molar-refractivity contribution in [1.82, 2.24) is 10.4 Å². The summed E-state index contributed by atoms with van der Waals surface area (Å²) in [6.07, 6.45) is 4.30. The number of amides is 2. The van der Waals surface area contributed by atoms with Gasteiger partial charge >= 0.3 is 5.88 Å². The summed E-state index contributed by atoms with van der Waals surface area (Å²) in [6.45, 7) is 0. The first-order chi connectivity index (χ1) is 14.3. The Bertz CT molecular complexity index is 1120. The number of nitrogens with zero attached hydrogens (tertiary/aromatic N) is 3. The standard InChI is InChI=1S/C17H10N4O7S2/c22-15(10-4-6-11(7-5-10)20(24)25)18-19-16(23)13(30-17(19)29)3-1-2-12-8-9-14(28-12)21(26)27/h1-9H,(H,18,22)/b2-1+,13-3+. The van der Waals surface area contributed by atoms with Crippen molar-refractivity contribution in [3.63, 3.8) is 0 Å². The SMILES string of the molecule is O=C(NN1C(=O)/C(=C\C=C\c2ccc([N+](=O)[O-])o2)SC1=S)c1ccc([N+](=O)[O-])cc1.